The normalized spacial score (nSPS) is 15.9. The van der Waals surface area contributed by atoms with E-state index >= 15 is 0 Å². The molecule has 0 N–H and O–H groups in total. The van der Waals surface area contributed by atoms with Crippen molar-refractivity contribution in [3.8, 4) is 11.5 Å². The van der Waals surface area contributed by atoms with E-state index in [0.717, 1.165) is 12.8 Å². The molecule has 4 rings (SSSR count). The maximum Gasteiger partial charge on any atom is 0.276 e. The van der Waals surface area contributed by atoms with Gasteiger partial charge in [-0.15, -0.1) is 0 Å². The van der Waals surface area contributed by atoms with Crippen molar-refractivity contribution >= 4 is 5.91 Å². The lowest BCUT2D eigenvalue weighted by Gasteiger charge is -2.32. The van der Waals surface area contributed by atoms with Gasteiger partial charge in [0.1, 0.15) is 0 Å². The van der Waals surface area contributed by atoms with E-state index in [4.69, 9.17) is 8.94 Å². The molecule has 1 amide bonds. The molecular weight excluding hydrogens is 296 g/mol. The number of carbonyl (C=O) groups excluding carboxylic acids is 1. The first-order valence-electron chi connectivity index (χ1n) is 7.58. The van der Waals surface area contributed by atoms with Gasteiger partial charge in [0, 0.05) is 37.6 Å². The minimum atomic E-state index is -0.101. The predicted molar refractivity (Wildman–Crippen MR) is 80.6 cm³/mol. The van der Waals surface area contributed by atoms with Crippen molar-refractivity contribution in [2.24, 2.45) is 0 Å². The van der Waals surface area contributed by atoms with Gasteiger partial charge in [-0.2, -0.15) is 0 Å². The van der Waals surface area contributed by atoms with Crippen LogP contribution in [0, 0.1) is 0 Å². The van der Waals surface area contributed by atoms with Crippen LogP contribution in [-0.4, -0.2) is 38.6 Å². The molecule has 23 heavy (non-hydrogen) atoms. The number of hydrogen-bond donors (Lipinski definition) is 0. The third-order valence-corrected chi connectivity index (χ3v) is 4.19. The lowest BCUT2D eigenvalue weighted by Crippen LogP contribution is -2.39. The fourth-order valence-electron chi connectivity index (χ4n) is 2.93. The molecule has 3 aromatic heterocycles. The van der Waals surface area contributed by atoms with Crippen molar-refractivity contribution < 1.29 is 13.7 Å². The van der Waals surface area contributed by atoms with Crippen LogP contribution in [0.25, 0.3) is 11.5 Å². The van der Waals surface area contributed by atoms with E-state index in [0.29, 0.717) is 36.3 Å². The number of furan rings is 1. The van der Waals surface area contributed by atoms with Crippen LogP contribution in [0.15, 0.2) is 52.1 Å². The molecule has 7 heteroatoms. The number of nitrogens with zero attached hydrogens (tertiary/aromatic N) is 4. The molecule has 0 aliphatic carbocycles. The van der Waals surface area contributed by atoms with Gasteiger partial charge in [0.15, 0.2) is 11.5 Å². The molecule has 7 nitrogen and oxygen atoms in total. The minimum Gasteiger partial charge on any atom is -0.461 e. The second-order valence-corrected chi connectivity index (χ2v) is 5.59. The van der Waals surface area contributed by atoms with Gasteiger partial charge >= 0.3 is 0 Å². The molecule has 118 valence electrons. The highest BCUT2D eigenvalue weighted by atomic mass is 16.5. The van der Waals surface area contributed by atoms with Gasteiger partial charge in [-0.1, -0.05) is 5.16 Å². The quantitative estimate of drug-likeness (QED) is 0.743. The van der Waals surface area contributed by atoms with Crippen molar-refractivity contribution in [1.29, 1.82) is 0 Å². The highest BCUT2D eigenvalue weighted by Gasteiger charge is 2.26. The molecule has 0 bridgehead atoms. The monoisotopic (exact) mass is 312 g/mol. The number of likely N-dealkylation sites (tertiary alicyclic amines) is 1. The number of hydrogen-bond acceptors (Lipinski definition) is 5. The standard InChI is InChI=1S/C16H16N4O3/c21-16(13-10-15(23-18-13)14-2-1-9-22-14)19-6-3-12(4-7-19)20-8-5-17-11-20/h1-2,5,8-12H,3-4,6-7H2. The Bertz CT molecular complexity index is 768. The summed E-state index contributed by atoms with van der Waals surface area (Å²) in [6.45, 7) is 1.40. The number of aromatic nitrogens is 3. The van der Waals surface area contributed by atoms with Crippen molar-refractivity contribution in [3.05, 3.63) is 48.9 Å². The number of carbonyl (C=O) groups is 1. The largest absolute Gasteiger partial charge is 0.461 e. The molecule has 1 aliphatic rings. The van der Waals surface area contributed by atoms with E-state index in [9.17, 15) is 4.79 Å². The third kappa shape index (κ3) is 2.65. The zero-order valence-corrected chi connectivity index (χ0v) is 12.5. The third-order valence-electron chi connectivity index (χ3n) is 4.19. The predicted octanol–water partition coefficient (Wildman–Crippen LogP) is 2.61. The SMILES string of the molecule is O=C(c1cc(-c2ccco2)on1)N1CCC(n2ccnc2)CC1. The van der Waals surface area contributed by atoms with E-state index in [1.165, 1.54) is 0 Å². The summed E-state index contributed by atoms with van der Waals surface area (Å²) in [5.41, 5.74) is 0.317. The van der Waals surface area contributed by atoms with Crippen LogP contribution in [0.3, 0.4) is 0 Å². The zero-order valence-electron chi connectivity index (χ0n) is 12.5. The van der Waals surface area contributed by atoms with Crippen LogP contribution < -0.4 is 0 Å². The highest BCUT2D eigenvalue weighted by molar-refractivity contribution is 5.93. The van der Waals surface area contributed by atoms with E-state index in [-0.39, 0.29) is 5.91 Å². The van der Waals surface area contributed by atoms with Crippen LogP contribution in [0.1, 0.15) is 29.4 Å². The summed E-state index contributed by atoms with van der Waals surface area (Å²) in [7, 11) is 0. The molecule has 0 saturated carbocycles. The lowest BCUT2D eigenvalue weighted by atomic mass is 10.0. The van der Waals surface area contributed by atoms with Gasteiger partial charge < -0.3 is 18.4 Å². The van der Waals surface area contributed by atoms with E-state index in [2.05, 4.69) is 14.7 Å². The number of imidazole rings is 1. The van der Waals surface area contributed by atoms with Crippen molar-refractivity contribution in [3.63, 3.8) is 0 Å². The summed E-state index contributed by atoms with van der Waals surface area (Å²) in [6, 6.07) is 5.56. The molecule has 4 heterocycles. The molecule has 0 unspecified atom stereocenters. The second-order valence-electron chi connectivity index (χ2n) is 5.59. The summed E-state index contributed by atoms with van der Waals surface area (Å²) < 4.78 is 12.5. The molecule has 1 aliphatic heterocycles. The number of piperidine rings is 1. The fourth-order valence-corrected chi connectivity index (χ4v) is 2.93. The fraction of sp³-hybridized carbons (Fsp3) is 0.312. The van der Waals surface area contributed by atoms with Gasteiger partial charge in [-0.25, -0.2) is 4.98 Å². The number of amides is 1. The van der Waals surface area contributed by atoms with Crippen LogP contribution in [-0.2, 0) is 0 Å². The van der Waals surface area contributed by atoms with Gasteiger partial charge in [-0.05, 0) is 25.0 Å². The second kappa shape index (κ2) is 5.75. The smallest absolute Gasteiger partial charge is 0.276 e. The summed E-state index contributed by atoms with van der Waals surface area (Å²) in [4.78, 5) is 18.4. The zero-order chi connectivity index (χ0) is 15.6. The molecule has 0 radical (unpaired) electrons. The van der Waals surface area contributed by atoms with Gasteiger partial charge in [0.2, 0.25) is 5.76 Å². The van der Waals surface area contributed by atoms with Gasteiger partial charge in [0.05, 0.1) is 12.6 Å². The first kappa shape index (κ1) is 13.8. The number of rotatable bonds is 3. The van der Waals surface area contributed by atoms with Crippen molar-refractivity contribution in [2.75, 3.05) is 13.1 Å². The summed E-state index contributed by atoms with van der Waals surface area (Å²) in [5.74, 6) is 0.928. The topological polar surface area (TPSA) is 77.3 Å². The average molecular weight is 312 g/mol. The Kier molecular flexibility index (Phi) is 3.45. The van der Waals surface area contributed by atoms with Crippen molar-refractivity contribution in [1.82, 2.24) is 19.6 Å². The highest BCUT2D eigenvalue weighted by Crippen LogP contribution is 2.25. The Morgan fingerprint density at radius 1 is 1.26 bits per heavy atom. The molecule has 1 saturated heterocycles. The maximum atomic E-state index is 12.5. The average Bonchev–Trinajstić information content (AvgIpc) is 3.36. The van der Waals surface area contributed by atoms with Crippen LogP contribution in [0.2, 0.25) is 0 Å². The summed E-state index contributed by atoms with van der Waals surface area (Å²) in [5, 5.41) is 3.87. The van der Waals surface area contributed by atoms with Gasteiger partial charge in [-0.3, -0.25) is 4.79 Å². The lowest BCUT2D eigenvalue weighted by molar-refractivity contribution is 0.0684. The molecule has 0 aromatic carbocycles. The minimum absolute atomic E-state index is 0.101. The Morgan fingerprint density at radius 3 is 2.83 bits per heavy atom. The van der Waals surface area contributed by atoms with Crippen LogP contribution >= 0.6 is 0 Å². The Morgan fingerprint density at radius 2 is 2.13 bits per heavy atom. The van der Waals surface area contributed by atoms with Crippen LogP contribution in [0.4, 0.5) is 0 Å². The Labute approximate surface area is 132 Å². The first-order valence-corrected chi connectivity index (χ1v) is 7.58. The van der Waals surface area contributed by atoms with E-state index in [1.54, 1.807) is 30.7 Å². The van der Waals surface area contributed by atoms with Gasteiger partial charge in [0.25, 0.3) is 5.91 Å². The maximum absolute atomic E-state index is 12.5. The van der Waals surface area contributed by atoms with Crippen LogP contribution in [0.5, 0.6) is 0 Å². The Hall–Kier alpha value is -2.83. The first-order chi connectivity index (χ1) is 11.3. The molecular formula is C16H16N4O3. The summed E-state index contributed by atoms with van der Waals surface area (Å²) in [6.07, 6.45) is 8.95. The van der Waals surface area contributed by atoms with E-state index < -0.39 is 0 Å². The van der Waals surface area contributed by atoms with Crippen molar-refractivity contribution in [2.45, 2.75) is 18.9 Å². The van der Waals surface area contributed by atoms with E-state index in [1.807, 2.05) is 17.4 Å². The molecule has 0 spiro atoms. The molecule has 1 fully saturated rings. The Balaban J connectivity index is 1.42. The molecule has 3 aromatic rings. The molecule has 0 atom stereocenters. The summed E-state index contributed by atoms with van der Waals surface area (Å²) >= 11 is 0.